The van der Waals surface area contributed by atoms with E-state index in [0.717, 1.165) is 0 Å². The van der Waals surface area contributed by atoms with Gasteiger partial charge in [-0.25, -0.2) is 8.42 Å². The molecule has 0 atom stereocenters. The highest BCUT2D eigenvalue weighted by Gasteiger charge is 2.35. The Morgan fingerprint density at radius 2 is 2.11 bits per heavy atom. The normalized spacial score (nSPS) is 12.9. The van der Waals surface area contributed by atoms with Crippen molar-refractivity contribution in [2.75, 3.05) is 12.3 Å². The molecule has 0 aromatic carbocycles. The van der Waals surface area contributed by atoms with Crippen molar-refractivity contribution in [3.63, 3.8) is 0 Å². The molecule has 0 spiro atoms. The van der Waals surface area contributed by atoms with E-state index in [-0.39, 0.29) is 17.3 Å². The van der Waals surface area contributed by atoms with Crippen molar-refractivity contribution in [3.8, 4) is 0 Å². The number of aryl methyl sites for hydroxylation is 1. The van der Waals surface area contributed by atoms with Crippen LogP contribution in [0.3, 0.4) is 0 Å². The average Bonchev–Trinajstić information content (AvgIpc) is 2.66. The van der Waals surface area contributed by atoms with Crippen LogP contribution >= 0.6 is 0 Å². The summed E-state index contributed by atoms with van der Waals surface area (Å²) in [7, 11) is -3.69. The molecule has 0 saturated carbocycles. The largest absolute Gasteiger partial charge is 0.381 e. The van der Waals surface area contributed by atoms with Gasteiger partial charge in [0.05, 0.1) is 0 Å². The summed E-state index contributed by atoms with van der Waals surface area (Å²) in [5.41, 5.74) is 5.15. The number of hydrogen-bond donors (Lipinski definition) is 1. The summed E-state index contributed by atoms with van der Waals surface area (Å²) in [5.74, 6) is 0.0279. The molecular formula is C12H22N4O2S. The Hall–Kier alpha value is -1.34. The van der Waals surface area contributed by atoms with Crippen LogP contribution in [0.25, 0.3) is 0 Å². The molecule has 0 fully saturated rings. The first-order valence-corrected chi connectivity index (χ1v) is 7.55. The summed E-state index contributed by atoms with van der Waals surface area (Å²) in [6.07, 6.45) is 3.02. The van der Waals surface area contributed by atoms with Gasteiger partial charge in [-0.3, -0.25) is 4.68 Å². The lowest BCUT2D eigenvalue weighted by atomic mass is 10.1. The van der Waals surface area contributed by atoms with Gasteiger partial charge in [0.2, 0.25) is 10.0 Å². The topological polar surface area (TPSA) is 81.2 Å². The van der Waals surface area contributed by atoms with Crippen LogP contribution in [0.1, 0.15) is 27.7 Å². The molecule has 0 saturated heterocycles. The number of rotatable bonds is 5. The summed E-state index contributed by atoms with van der Waals surface area (Å²) < 4.78 is 28.2. The molecule has 108 valence electrons. The van der Waals surface area contributed by atoms with Crippen molar-refractivity contribution in [1.29, 1.82) is 0 Å². The highest BCUT2D eigenvalue weighted by Crippen LogP contribution is 2.27. The highest BCUT2D eigenvalue weighted by atomic mass is 32.2. The van der Waals surface area contributed by atoms with E-state index in [1.54, 1.807) is 6.08 Å². The van der Waals surface area contributed by atoms with Gasteiger partial charge < -0.3 is 5.73 Å². The number of nitrogens with two attached hydrogens (primary N) is 1. The zero-order valence-electron chi connectivity index (χ0n) is 11.9. The Bertz CT molecular complexity index is 555. The molecule has 1 rings (SSSR count). The van der Waals surface area contributed by atoms with E-state index in [4.69, 9.17) is 5.73 Å². The first-order chi connectivity index (χ1) is 8.64. The summed E-state index contributed by atoms with van der Waals surface area (Å²) >= 11 is 0. The summed E-state index contributed by atoms with van der Waals surface area (Å²) in [6, 6.07) is 0. The van der Waals surface area contributed by atoms with Gasteiger partial charge in [-0.05, 0) is 27.7 Å². The molecule has 19 heavy (non-hydrogen) atoms. The van der Waals surface area contributed by atoms with Crippen molar-refractivity contribution >= 4 is 15.8 Å². The molecular weight excluding hydrogens is 264 g/mol. The van der Waals surface area contributed by atoms with E-state index in [9.17, 15) is 8.42 Å². The smallest absolute Gasteiger partial charge is 0.249 e. The second-order valence-corrected chi connectivity index (χ2v) is 7.06. The lowest BCUT2D eigenvalue weighted by molar-refractivity contribution is 0.270. The minimum atomic E-state index is -3.69. The maximum absolute atomic E-state index is 12.7. The van der Waals surface area contributed by atoms with E-state index in [1.165, 1.54) is 15.2 Å². The van der Waals surface area contributed by atoms with Gasteiger partial charge in [0.1, 0.15) is 4.90 Å². The number of sulfonamides is 1. The minimum Gasteiger partial charge on any atom is -0.381 e. The Balaban J connectivity index is 3.34. The van der Waals surface area contributed by atoms with Crippen LogP contribution in [0.5, 0.6) is 0 Å². The minimum absolute atomic E-state index is 0.0279. The fourth-order valence-electron chi connectivity index (χ4n) is 1.75. The van der Waals surface area contributed by atoms with Crippen LogP contribution in [0.2, 0.25) is 0 Å². The average molecular weight is 286 g/mol. The third-order valence-electron chi connectivity index (χ3n) is 2.69. The Labute approximate surface area is 114 Å². The molecule has 0 aliphatic rings. The van der Waals surface area contributed by atoms with Gasteiger partial charge in [-0.2, -0.15) is 9.40 Å². The second-order valence-electron chi connectivity index (χ2n) is 5.23. The molecule has 1 aromatic rings. The van der Waals surface area contributed by atoms with E-state index in [1.807, 2.05) is 27.7 Å². The number of aromatic nitrogens is 2. The summed E-state index contributed by atoms with van der Waals surface area (Å²) in [6.45, 7) is 11.8. The number of hydrogen-bond acceptors (Lipinski definition) is 4. The molecule has 0 aliphatic heterocycles. The van der Waals surface area contributed by atoms with Gasteiger partial charge in [0.25, 0.3) is 0 Å². The molecule has 0 radical (unpaired) electrons. The Morgan fingerprint density at radius 3 is 2.47 bits per heavy atom. The first-order valence-electron chi connectivity index (χ1n) is 6.11. The fraction of sp³-hybridized carbons (Fsp3) is 0.583. The van der Waals surface area contributed by atoms with Crippen molar-refractivity contribution in [3.05, 3.63) is 18.9 Å². The molecule has 0 aliphatic carbocycles. The van der Waals surface area contributed by atoms with E-state index >= 15 is 0 Å². The van der Waals surface area contributed by atoms with Crippen LogP contribution in [-0.4, -0.2) is 34.6 Å². The predicted octanol–water partition coefficient (Wildman–Crippen LogP) is 1.46. The molecule has 1 heterocycles. The van der Waals surface area contributed by atoms with Crippen LogP contribution in [0, 0.1) is 0 Å². The Kier molecular flexibility index (Phi) is 4.42. The maximum atomic E-state index is 12.7. The van der Waals surface area contributed by atoms with Crippen molar-refractivity contribution in [1.82, 2.24) is 14.1 Å². The quantitative estimate of drug-likeness (QED) is 0.831. The summed E-state index contributed by atoms with van der Waals surface area (Å²) in [4.78, 5) is 0.0473. The number of anilines is 1. The lowest BCUT2D eigenvalue weighted by Crippen LogP contribution is -2.45. The molecule has 2 N–H and O–H groups in total. The van der Waals surface area contributed by atoms with E-state index < -0.39 is 15.6 Å². The second kappa shape index (κ2) is 5.34. The third kappa shape index (κ3) is 3.16. The standard InChI is InChI=1S/C12H22N4O2S/c1-6-8-16(12(3,4)5)19(17,18)10-9-15(7-2)14-11(10)13/h6,9H,1,7-8H2,2-5H3,(H2,13,14). The van der Waals surface area contributed by atoms with Crippen LogP contribution < -0.4 is 5.73 Å². The third-order valence-corrected chi connectivity index (χ3v) is 4.84. The van der Waals surface area contributed by atoms with Crippen LogP contribution in [0.4, 0.5) is 5.82 Å². The molecule has 6 nitrogen and oxygen atoms in total. The highest BCUT2D eigenvalue weighted by molar-refractivity contribution is 7.89. The molecule has 7 heteroatoms. The monoisotopic (exact) mass is 286 g/mol. The van der Waals surface area contributed by atoms with E-state index in [0.29, 0.717) is 6.54 Å². The molecule has 0 amide bonds. The van der Waals surface area contributed by atoms with Gasteiger partial charge >= 0.3 is 0 Å². The van der Waals surface area contributed by atoms with Crippen molar-refractivity contribution in [2.45, 2.75) is 44.7 Å². The van der Waals surface area contributed by atoms with Crippen LogP contribution in [-0.2, 0) is 16.6 Å². The zero-order chi connectivity index (χ0) is 14.8. The maximum Gasteiger partial charge on any atom is 0.249 e. The molecule has 0 unspecified atom stereocenters. The van der Waals surface area contributed by atoms with Gasteiger partial charge in [-0.1, -0.05) is 6.08 Å². The molecule has 0 bridgehead atoms. The SMILES string of the molecule is C=CCN(C(C)(C)C)S(=O)(=O)c1cn(CC)nc1N. The van der Waals surface area contributed by atoms with Gasteiger partial charge in [-0.15, -0.1) is 6.58 Å². The fourth-order valence-corrected chi connectivity index (χ4v) is 3.57. The van der Waals surface area contributed by atoms with Crippen molar-refractivity contribution < 1.29 is 8.42 Å². The number of nitrogens with zero attached hydrogens (tertiary/aromatic N) is 3. The van der Waals surface area contributed by atoms with Gasteiger partial charge in [0, 0.05) is 24.8 Å². The number of nitrogen functional groups attached to an aromatic ring is 1. The van der Waals surface area contributed by atoms with Crippen molar-refractivity contribution in [2.24, 2.45) is 0 Å². The Morgan fingerprint density at radius 1 is 1.53 bits per heavy atom. The first kappa shape index (κ1) is 15.7. The van der Waals surface area contributed by atoms with Crippen LogP contribution in [0.15, 0.2) is 23.7 Å². The molecule has 1 aromatic heterocycles. The summed E-state index contributed by atoms with van der Waals surface area (Å²) in [5, 5.41) is 3.98. The predicted molar refractivity (Wildman–Crippen MR) is 76.2 cm³/mol. The zero-order valence-corrected chi connectivity index (χ0v) is 12.7. The lowest BCUT2D eigenvalue weighted by Gasteiger charge is -2.33. The van der Waals surface area contributed by atoms with E-state index in [2.05, 4.69) is 11.7 Å². The van der Waals surface area contributed by atoms with Gasteiger partial charge in [0.15, 0.2) is 5.82 Å².